The fourth-order valence-electron chi connectivity index (χ4n) is 2.02. The van der Waals surface area contributed by atoms with Crippen LogP contribution in [0.15, 0.2) is 0 Å². The van der Waals surface area contributed by atoms with E-state index in [0.717, 1.165) is 25.8 Å². The zero-order chi connectivity index (χ0) is 13.6. The molecule has 0 bridgehead atoms. The highest BCUT2D eigenvalue weighted by atomic mass is 16.5. The molecule has 0 aromatic rings. The van der Waals surface area contributed by atoms with E-state index in [-0.39, 0.29) is 0 Å². The SMILES string of the molecule is CCN(O)CCCCCCCCCCCC(O)O. The first-order valence-electron chi connectivity index (χ1n) is 7.46. The lowest BCUT2D eigenvalue weighted by Crippen LogP contribution is -2.19. The Kier molecular flexibility index (Phi) is 13.2. The van der Waals surface area contributed by atoms with Gasteiger partial charge in [-0.2, -0.15) is 5.06 Å². The largest absolute Gasteiger partial charge is 0.368 e. The van der Waals surface area contributed by atoms with Crippen molar-refractivity contribution in [2.24, 2.45) is 0 Å². The van der Waals surface area contributed by atoms with Gasteiger partial charge >= 0.3 is 0 Å². The van der Waals surface area contributed by atoms with Crippen LogP contribution in [0.2, 0.25) is 0 Å². The molecule has 0 aliphatic heterocycles. The molecule has 0 amide bonds. The summed E-state index contributed by atoms with van der Waals surface area (Å²) in [6.07, 6.45) is 9.95. The van der Waals surface area contributed by atoms with E-state index in [1.54, 1.807) is 0 Å². The third-order valence-corrected chi connectivity index (χ3v) is 3.24. The maximum Gasteiger partial charge on any atom is 0.151 e. The predicted octanol–water partition coefficient (Wildman–Crippen LogP) is 2.91. The van der Waals surface area contributed by atoms with Gasteiger partial charge in [0.05, 0.1) is 0 Å². The summed E-state index contributed by atoms with van der Waals surface area (Å²) in [6.45, 7) is 3.46. The maximum absolute atomic E-state index is 9.22. The Morgan fingerprint density at radius 2 is 1.22 bits per heavy atom. The topological polar surface area (TPSA) is 63.9 Å². The summed E-state index contributed by atoms with van der Waals surface area (Å²) in [5.74, 6) is 0. The number of rotatable bonds is 13. The lowest BCUT2D eigenvalue weighted by Gasteiger charge is -2.10. The minimum Gasteiger partial charge on any atom is -0.368 e. The quantitative estimate of drug-likeness (QED) is 0.271. The zero-order valence-electron chi connectivity index (χ0n) is 11.9. The number of hydrogen-bond acceptors (Lipinski definition) is 4. The lowest BCUT2D eigenvalue weighted by atomic mass is 10.1. The predicted molar refractivity (Wildman–Crippen MR) is 73.4 cm³/mol. The van der Waals surface area contributed by atoms with Crippen LogP contribution in [0, 0.1) is 0 Å². The van der Waals surface area contributed by atoms with Crippen molar-refractivity contribution in [3.63, 3.8) is 0 Å². The zero-order valence-corrected chi connectivity index (χ0v) is 11.9. The van der Waals surface area contributed by atoms with Gasteiger partial charge in [-0.3, -0.25) is 0 Å². The molecular weight excluding hydrogens is 230 g/mol. The Balaban J connectivity index is 2.99. The molecule has 0 aliphatic carbocycles. The van der Waals surface area contributed by atoms with Crippen LogP contribution in [-0.4, -0.2) is 39.9 Å². The first kappa shape index (κ1) is 17.8. The standard InChI is InChI=1S/C14H31NO3/c1-2-15(18)13-11-9-7-5-3-4-6-8-10-12-14(16)17/h14,16-18H,2-13H2,1H3. The molecule has 18 heavy (non-hydrogen) atoms. The molecule has 0 aliphatic rings. The Labute approximate surface area is 112 Å². The molecule has 110 valence electrons. The number of unbranched alkanes of at least 4 members (excludes halogenated alkanes) is 8. The van der Waals surface area contributed by atoms with E-state index in [4.69, 9.17) is 10.2 Å². The van der Waals surface area contributed by atoms with E-state index in [0.29, 0.717) is 13.0 Å². The minimum atomic E-state index is -1.13. The second-order valence-electron chi connectivity index (χ2n) is 5.00. The van der Waals surface area contributed by atoms with E-state index in [1.807, 2.05) is 6.92 Å². The summed E-state index contributed by atoms with van der Waals surface area (Å²) in [5.41, 5.74) is 0. The van der Waals surface area contributed by atoms with E-state index >= 15 is 0 Å². The van der Waals surface area contributed by atoms with Gasteiger partial charge in [0.1, 0.15) is 0 Å². The van der Waals surface area contributed by atoms with Gasteiger partial charge in [0, 0.05) is 13.1 Å². The van der Waals surface area contributed by atoms with Crippen LogP contribution in [-0.2, 0) is 0 Å². The molecule has 0 atom stereocenters. The number of hydroxylamine groups is 2. The molecule has 4 heteroatoms. The Morgan fingerprint density at radius 1 is 0.778 bits per heavy atom. The van der Waals surface area contributed by atoms with E-state index in [1.165, 1.54) is 43.6 Å². The molecule has 0 rings (SSSR count). The van der Waals surface area contributed by atoms with Crippen LogP contribution < -0.4 is 0 Å². The monoisotopic (exact) mass is 261 g/mol. The highest BCUT2D eigenvalue weighted by molar-refractivity contribution is 4.49. The number of aliphatic hydroxyl groups excluding tert-OH is 1. The maximum atomic E-state index is 9.22. The number of nitrogens with zero attached hydrogens (tertiary/aromatic N) is 1. The first-order chi connectivity index (χ1) is 8.66. The van der Waals surface area contributed by atoms with Gasteiger partial charge in [-0.05, 0) is 19.3 Å². The van der Waals surface area contributed by atoms with Gasteiger partial charge in [0.15, 0.2) is 6.29 Å². The normalized spacial score (nSPS) is 11.7. The summed E-state index contributed by atoms with van der Waals surface area (Å²) in [6, 6.07) is 0. The fourth-order valence-corrected chi connectivity index (χ4v) is 2.02. The molecule has 0 radical (unpaired) electrons. The third kappa shape index (κ3) is 13.9. The molecule has 0 saturated carbocycles. The highest BCUT2D eigenvalue weighted by Gasteiger charge is 1.98. The van der Waals surface area contributed by atoms with Gasteiger partial charge in [-0.1, -0.05) is 51.9 Å². The van der Waals surface area contributed by atoms with Crippen LogP contribution in [0.25, 0.3) is 0 Å². The first-order valence-corrected chi connectivity index (χ1v) is 7.46. The van der Waals surface area contributed by atoms with Gasteiger partial charge in [0.2, 0.25) is 0 Å². The smallest absolute Gasteiger partial charge is 0.151 e. The molecule has 0 aromatic heterocycles. The average Bonchev–Trinajstić information content (AvgIpc) is 2.35. The highest BCUT2D eigenvalue weighted by Crippen LogP contribution is 2.11. The third-order valence-electron chi connectivity index (χ3n) is 3.24. The molecule has 0 spiro atoms. The molecule has 0 unspecified atom stereocenters. The Morgan fingerprint density at radius 3 is 1.67 bits per heavy atom. The van der Waals surface area contributed by atoms with E-state index in [2.05, 4.69) is 0 Å². The van der Waals surface area contributed by atoms with Crippen molar-refractivity contribution in [3.8, 4) is 0 Å². The minimum absolute atomic E-state index is 0.509. The van der Waals surface area contributed by atoms with E-state index in [9.17, 15) is 5.21 Å². The van der Waals surface area contributed by atoms with Crippen molar-refractivity contribution in [1.82, 2.24) is 5.06 Å². The van der Waals surface area contributed by atoms with Crippen molar-refractivity contribution >= 4 is 0 Å². The molecule has 4 nitrogen and oxygen atoms in total. The van der Waals surface area contributed by atoms with Crippen LogP contribution in [0.5, 0.6) is 0 Å². The van der Waals surface area contributed by atoms with Crippen LogP contribution in [0.1, 0.15) is 71.1 Å². The van der Waals surface area contributed by atoms with Crippen molar-refractivity contribution in [2.45, 2.75) is 77.4 Å². The number of hydrogen-bond donors (Lipinski definition) is 3. The van der Waals surface area contributed by atoms with E-state index < -0.39 is 6.29 Å². The molecule has 0 heterocycles. The van der Waals surface area contributed by atoms with Crippen LogP contribution in [0.3, 0.4) is 0 Å². The van der Waals surface area contributed by atoms with Crippen LogP contribution in [0.4, 0.5) is 0 Å². The van der Waals surface area contributed by atoms with Gasteiger partial charge < -0.3 is 15.4 Å². The van der Waals surface area contributed by atoms with Crippen molar-refractivity contribution in [2.75, 3.05) is 13.1 Å². The second kappa shape index (κ2) is 13.3. The molecule has 3 N–H and O–H groups in total. The van der Waals surface area contributed by atoms with Crippen molar-refractivity contribution in [3.05, 3.63) is 0 Å². The average molecular weight is 261 g/mol. The Bertz CT molecular complexity index is 165. The summed E-state index contributed by atoms with van der Waals surface area (Å²) < 4.78 is 0. The summed E-state index contributed by atoms with van der Waals surface area (Å²) in [5, 5.41) is 27.9. The summed E-state index contributed by atoms with van der Waals surface area (Å²) >= 11 is 0. The molecule has 0 aromatic carbocycles. The Hall–Kier alpha value is -0.160. The summed E-state index contributed by atoms with van der Waals surface area (Å²) in [4.78, 5) is 0. The summed E-state index contributed by atoms with van der Waals surface area (Å²) in [7, 11) is 0. The molecule has 0 saturated heterocycles. The fraction of sp³-hybridized carbons (Fsp3) is 1.00. The number of aliphatic hydroxyl groups is 2. The van der Waals surface area contributed by atoms with Gasteiger partial charge in [0.25, 0.3) is 0 Å². The van der Waals surface area contributed by atoms with Crippen molar-refractivity contribution < 1.29 is 15.4 Å². The van der Waals surface area contributed by atoms with Gasteiger partial charge in [-0.15, -0.1) is 0 Å². The van der Waals surface area contributed by atoms with Gasteiger partial charge in [-0.25, -0.2) is 0 Å². The lowest BCUT2D eigenvalue weighted by molar-refractivity contribution is -0.0869. The van der Waals surface area contributed by atoms with Crippen LogP contribution >= 0.6 is 0 Å². The second-order valence-corrected chi connectivity index (χ2v) is 5.00. The molecule has 0 fully saturated rings. The van der Waals surface area contributed by atoms with Crippen molar-refractivity contribution in [1.29, 1.82) is 0 Å². The molecular formula is C14H31NO3.